The third kappa shape index (κ3) is 4.94. The van der Waals surface area contributed by atoms with Gasteiger partial charge >= 0.3 is 5.97 Å². The molecule has 1 aliphatic carbocycles. The van der Waals surface area contributed by atoms with Crippen LogP contribution in [0, 0.1) is 5.92 Å². The molecule has 2 saturated heterocycles. The van der Waals surface area contributed by atoms with Gasteiger partial charge in [-0.15, -0.1) is 0 Å². The molecule has 240 valence electrons. The fraction of sp³-hybridized carbons (Fsp3) is 0.515. The van der Waals surface area contributed by atoms with E-state index in [1.165, 1.54) is 0 Å². The summed E-state index contributed by atoms with van der Waals surface area (Å²) >= 11 is 13.0. The second kappa shape index (κ2) is 11.2. The van der Waals surface area contributed by atoms with Crippen molar-refractivity contribution in [2.24, 2.45) is 5.92 Å². The summed E-state index contributed by atoms with van der Waals surface area (Å²) in [5, 5.41) is 15.8. The molecule has 5 unspecified atom stereocenters. The lowest BCUT2D eigenvalue weighted by Crippen LogP contribution is -2.67. The van der Waals surface area contributed by atoms with Crippen LogP contribution in [0.2, 0.25) is 10.0 Å². The zero-order valence-electron chi connectivity index (χ0n) is 24.7. The van der Waals surface area contributed by atoms with E-state index in [9.17, 15) is 18.7 Å². The van der Waals surface area contributed by atoms with E-state index in [4.69, 9.17) is 32.5 Å². The summed E-state index contributed by atoms with van der Waals surface area (Å²) < 4.78 is 55.2. The van der Waals surface area contributed by atoms with Crippen molar-refractivity contribution >= 4 is 34.9 Å². The number of hydrogen-bond donors (Lipinski definition) is 1. The van der Waals surface area contributed by atoms with Crippen LogP contribution in [0.4, 0.5) is 18.9 Å². The first-order chi connectivity index (χ1) is 21.5. The molecule has 3 aliphatic heterocycles. The second-order valence-corrected chi connectivity index (χ2v) is 13.7. The van der Waals surface area contributed by atoms with E-state index in [0.717, 1.165) is 5.69 Å². The average Bonchev–Trinajstić information content (AvgIpc) is 3.25. The molecule has 0 radical (unpaired) electrons. The van der Waals surface area contributed by atoms with Crippen LogP contribution >= 0.6 is 23.2 Å². The molecule has 0 amide bonds. The fourth-order valence-electron chi connectivity index (χ4n) is 8.15. The maximum atomic E-state index is 15.4. The molecule has 3 fully saturated rings. The number of carbonyl (C=O) groups is 1. The lowest BCUT2D eigenvalue weighted by molar-refractivity contribution is -0.166. The van der Waals surface area contributed by atoms with Crippen LogP contribution in [-0.4, -0.2) is 64.5 Å². The zero-order chi connectivity index (χ0) is 31.7. The minimum absolute atomic E-state index is 0.0293. The van der Waals surface area contributed by atoms with Crippen LogP contribution in [0.25, 0.3) is 11.3 Å². The Morgan fingerprint density at radius 2 is 1.89 bits per heavy atom. The van der Waals surface area contributed by atoms with E-state index in [0.29, 0.717) is 51.8 Å². The molecule has 1 saturated carbocycles. The Hall–Kier alpha value is -2.79. The maximum absolute atomic E-state index is 15.4. The summed E-state index contributed by atoms with van der Waals surface area (Å²) in [6.45, 7) is 2.82. The first-order valence-corrected chi connectivity index (χ1v) is 16.1. The Morgan fingerprint density at radius 1 is 1.16 bits per heavy atom. The number of carboxylic acids is 1. The SMILES string of the molecule is CCN1CC(C(=O)O)(N2C3CCC2(COCc2c(-c4c(Cl)cccc4Cl)noc2CC2CC2(F)F)CC(F)C3)c2ccccc21. The van der Waals surface area contributed by atoms with Crippen LogP contribution in [0.1, 0.15) is 55.9 Å². The van der Waals surface area contributed by atoms with Crippen LogP contribution in [0.15, 0.2) is 47.0 Å². The molecule has 0 spiro atoms. The number of anilines is 1. The van der Waals surface area contributed by atoms with Gasteiger partial charge in [0.25, 0.3) is 5.92 Å². The van der Waals surface area contributed by atoms with Crippen LogP contribution in [0.3, 0.4) is 0 Å². The van der Waals surface area contributed by atoms with Crippen molar-refractivity contribution < 1.29 is 32.3 Å². The van der Waals surface area contributed by atoms with E-state index < -0.39 is 35.1 Å². The molecule has 3 aromatic rings. The summed E-state index contributed by atoms with van der Waals surface area (Å²) in [6.07, 6.45) is 0.215. The van der Waals surface area contributed by atoms with Crippen molar-refractivity contribution in [3.63, 3.8) is 0 Å². The van der Waals surface area contributed by atoms with Crippen molar-refractivity contribution in [2.45, 2.75) is 81.3 Å². The number of piperidine rings is 1. The van der Waals surface area contributed by atoms with Gasteiger partial charge in [0.05, 0.1) is 29.8 Å². The lowest BCUT2D eigenvalue weighted by atomic mass is 9.79. The molecule has 1 N–H and O–H groups in total. The Balaban J connectivity index is 1.23. The van der Waals surface area contributed by atoms with Gasteiger partial charge in [0.2, 0.25) is 0 Å². The monoisotopic (exact) mass is 663 g/mol. The number of alkyl halides is 3. The molecule has 2 bridgehead atoms. The highest BCUT2D eigenvalue weighted by atomic mass is 35.5. The largest absolute Gasteiger partial charge is 0.480 e. The number of fused-ring (bicyclic) bond motifs is 3. The molecule has 4 heterocycles. The van der Waals surface area contributed by atoms with Gasteiger partial charge in [-0.25, -0.2) is 18.0 Å². The van der Waals surface area contributed by atoms with Crippen LogP contribution in [-0.2, 0) is 28.1 Å². The summed E-state index contributed by atoms with van der Waals surface area (Å²) in [7, 11) is 0. The number of benzene rings is 2. The number of ether oxygens (including phenoxy) is 1. The van der Waals surface area contributed by atoms with Crippen LogP contribution < -0.4 is 4.90 Å². The quantitative estimate of drug-likeness (QED) is 0.240. The molecule has 7 rings (SSSR count). The van der Waals surface area contributed by atoms with Gasteiger partial charge in [-0.1, -0.05) is 52.6 Å². The van der Waals surface area contributed by atoms with Gasteiger partial charge in [-0.05, 0) is 50.8 Å². The number of likely N-dealkylation sites (N-methyl/N-ethyl adjacent to an activating group) is 1. The van der Waals surface area contributed by atoms with E-state index in [-0.39, 0.29) is 57.2 Å². The summed E-state index contributed by atoms with van der Waals surface area (Å²) in [5.74, 6) is -4.34. The Bertz CT molecular complexity index is 1620. The van der Waals surface area contributed by atoms with Gasteiger partial charge in [-0.2, -0.15) is 0 Å². The average molecular weight is 665 g/mol. The normalized spacial score (nSPS) is 30.1. The number of nitrogens with zero attached hydrogens (tertiary/aromatic N) is 3. The molecule has 2 aromatic carbocycles. The van der Waals surface area contributed by atoms with E-state index >= 15 is 4.39 Å². The number of rotatable bonds is 10. The number of aromatic nitrogens is 1. The van der Waals surface area contributed by atoms with Crippen molar-refractivity contribution in [1.29, 1.82) is 0 Å². The number of para-hydroxylation sites is 1. The topological polar surface area (TPSA) is 79.0 Å². The molecule has 5 atom stereocenters. The predicted molar refractivity (Wildman–Crippen MR) is 164 cm³/mol. The van der Waals surface area contributed by atoms with E-state index in [2.05, 4.69) is 10.1 Å². The van der Waals surface area contributed by atoms with Crippen molar-refractivity contribution in [1.82, 2.24) is 10.1 Å². The van der Waals surface area contributed by atoms with Gasteiger partial charge in [0, 0.05) is 59.3 Å². The molecule has 12 heteroatoms. The molecule has 7 nitrogen and oxygen atoms in total. The van der Waals surface area contributed by atoms with Crippen LogP contribution in [0.5, 0.6) is 0 Å². The maximum Gasteiger partial charge on any atom is 0.330 e. The second-order valence-electron chi connectivity index (χ2n) is 12.9. The Labute approximate surface area is 269 Å². The molecule has 4 aliphatic rings. The highest BCUT2D eigenvalue weighted by Crippen LogP contribution is 2.56. The van der Waals surface area contributed by atoms with Gasteiger partial charge in [-0.3, -0.25) is 4.90 Å². The standard InChI is InChI=1S/C33H34Cl2F3N3O4/c1-2-40-17-32(30(42)43,23-6-3-4-9-26(23)40)41-21-10-11-31(41,15-20(36)13-21)18-44-16-22-27(12-19-14-33(19,37)38)45-39-29(22)28-24(34)7-5-8-25(28)35/h3-9,19-21H,2,10-18H2,1H3,(H,42,43). The molecule has 1 aromatic heterocycles. The smallest absolute Gasteiger partial charge is 0.330 e. The van der Waals surface area contributed by atoms with Gasteiger partial charge < -0.3 is 19.3 Å². The summed E-state index contributed by atoms with van der Waals surface area (Å²) in [5.41, 5.74) is 0.456. The number of aliphatic carboxylic acids is 1. The minimum Gasteiger partial charge on any atom is -0.480 e. The Morgan fingerprint density at radius 3 is 2.58 bits per heavy atom. The van der Waals surface area contributed by atoms with Crippen molar-refractivity contribution in [2.75, 3.05) is 24.6 Å². The number of carboxylic acid groups (broad SMARTS) is 1. The highest BCUT2D eigenvalue weighted by molar-refractivity contribution is 6.39. The number of hydrogen-bond acceptors (Lipinski definition) is 6. The van der Waals surface area contributed by atoms with Gasteiger partial charge in [0.1, 0.15) is 17.6 Å². The minimum atomic E-state index is -2.77. The molecular formula is C33H34Cl2F3N3O4. The van der Waals surface area contributed by atoms with Crippen molar-refractivity contribution in [3.8, 4) is 11.3 Å². The molecular weight excluding hydrogens is 630 g/mol. The third-order valence-corrected chi connectivity index (χ3v) is 10.9. The van der Waals surface area contributed by atoms with E-state index in [1.807, 2.05) is 36.1 Å². The lowest BCUT2D eigenvalue weighted by Gasteiger charge is -2.53. The summed E-state index contributed by atoms with van der Waals surface area (Å²) in [6, 6.07) is 12.3. The molecule has 45 heavy (non-hydrogen) atoms. The van der Waals surface area contributed by atoms with Crippen molar-refractivity contribution in [3.05, 3.63) is 69.4 Å². The first-order valence-electron chi connectivity index (χ1n) is 15.4. The van der Waals surface area contributed by atoms with Gasteiger partial charge in [0.15, 0.2) is 5.54 Å². The highest BCUT2D eigenvalue weighted by Gasteiger charge is 2.65. The Kier molecular flexibility index (Phi) is 7.66. The third-order valence-electron chi connectivity index (χ3n) is 10.3. The zero-order valence-corrected chi connectivity index (χ0v) is 26.3. The first kappa shape index (κ1) is 30.8. The predicted octanol–water partition coefficient (Wildman–Crippen LogP) is 7.52. The fourth-order valence-corrected chi connectivity index (χ4v) is 8.73. The van der Waals surface area contributed by atoms with E-state index in [1.54, 1.807) is 18.2 Å². The number of halogens is 5. The summed E-state index contributed by atoms with van der Waals surface area (Å²) in [4.78, 5) is 17.5.